The van der Waals surface area contributed by atoms with Gasteiger partial charge in [-0.1, -0.05) is 51.1 Å². The molecule has 8 heteroatoms. The molecule has 0 saturated carbocycles. The SMILES string of the molecule is COCCOc1ccccc1C(=O)NC(=S)Nc1cccc(NC(=O)c2ccc(C(C)(C)C)cc2)c1. The quantitative estimate of drug-likeness (QED) is 0.281. The van der Waals surface area contributed by atoms with Crippen molar-refractivity contribution in [3.05, 3.63) is 89.5 Å². The number of anilines is 2. The summed E-state index contributed by atoms with van der Waals surface area (Å²) >= 11 is 5.32. The van der Waals surface area contributed by atoms with E-state index in [1.54, 1.807) is 55.6 Å². The fourth-order valence-corrected chi connectivity index (χ4v) is 3.56. The van der Waals surface area contributed by atoms with Crippen LogP contribution in [0.4, 0.5) is 11.4 Å². The highest BCUT2D eigenvalue weighted by atomic mass is 32.1. The summed E-state index contributed by atoms with van der Waals surface area (Å²) in [5, 5.41) is 8.65. The normalized spacial score (nSPS) is 10.9. The third-order valence-corrected chi connectivity index (χ3v) is 5.50. The lowest BCUT2D eigenvalue weighted by atomic mass is 9.87. The molecule has 0 radical (unpaired) electrons. The molecule has 0 saturated heterocycles. The van der Waals surface area contributed by atoms with Crippen LogP contribution in [0.3, 0.4) is 0 Å². The van der Waals surface area contributed by atoms with E-state index in [0.717, 1.165) is 5.56 Å². The number of benzene rings is 3. The minimum absolute atomic E-state index is 0.0158. The average Bonchev–Trinajstić information content (AvgIpc) is 2.84. The van der Waals surface area contributed by atoms with Crippen LogP contribution in [0.25, 0.3) is 0 Å². The first-order valence-corrected chi connectivity index (χ1v) is 11.9. The number of thiocarbonyl (C=S) groups is 1. The van der Waals surface area contributed by atoms with Gasteiger partial charge in [0.25, 0.3) is 11.8 Å². The van der Waals surface area contributed by atoms with Gasteiger partial charge >= 0.3 is 0 Å². The summed E-state index contributed by atoms with van der Waals surface area (Å²) in [5.41, 5.74) is 3.31. The zero-order chi connectivity index (χ0) is 26.1. The molecule has 0 atom stereocenters. The van der Waals surface area contributed by atoms with Crippen LogP contribution in [-0.4, -0.2) is 37.3 Å². The smallest absolute Gasteiger partial charge is 0.261 e. The third-order valence-electron chi connectivity index (χ3n) is 5.30. The van der Waals surface area contributed by atoms with Gasteiger partial charge in [0.15, 0.2) is 5.11 Å². The predicted molar refractivity (Wildman–Crippen MR) is 147 cm³/mol. The molecule has 3 aromatic carbocycles. The Labute approximate surface area is 217 Å². The molecular formula is C28H31N3O4S. The van der Waals surface area contributed by atoms with Crippen LogP contribution in [0, 0.1) is 0 Å². The predicted octanol–water partition coefficient (Wildman–Crippen LogP) is 5.39. The number of carbonyl (C=O) groups excluding carboxylic acids is 2. The molecule has 0 aliphatic carbocycles. The largest absolute Gasteiger partial charge is 0.490 e. The van der Waals surface area contributed by atoms with E-state index in [2.05, 4.69) is 36.7 Å². The maximum atomic E-state index is 12.7. The van der Waals surface area contributed by atoms with Gasteiger partial charge in [-0.05, 0) is 65.7 Å². The van der Waals surface area contributed by atoms with Gasteiger partial charge < -0.3 is 20.1 Å². The van der Waals surface area contributed by atoms with Crippen LogP contribution in [-0.2, 0) is 10.2 Å². The number of amides is 2. The Hall–Kier alpha value is -3.75. The third kappa shape index (κ3) is 7.63. The van der Waals surface area contributed by atoms with E-state index < -0.39 is 5.91 Å². The van der Waals surface area contributed by atoms with Crippen molar-refractivity contribution in [1.82, 2.24) is 5.32 Å². The van der Waals surface area contributed by atoms with Crippen LogP contribution in [0.1, 0.15) is 47.1 Å². The second-order valence-corrected chi connectivity index (χ2v) is 9.52. The fraction of sp³-hybridized carbons (Fsp3) is 0.250. The molecular weight excluding hydrogens is 474 g/mol. The number of para-hydroxylation sites is 1. The number of nitrogens with one attached hydrogen (secondary N) is 3. The van der Waals surface area contributed by atoms with Gasteiger partial charge in [-0.3, -0.25) is 14.9 Å². The standard InChI is InChI=1S/C28H31N3O4S/c1-28(2,3)20-14-12-19(13-15-20)25(32)29-21-8-7-9-22(18-21)30-27(36)31-26(33)23-10-5-6-11-24(23)35-17-16-34-4/h5-15,18H,16-17H2,1-4H3,(H,29,32)(H2,30,31,33,36). The van der Waals surface area contributed by atoms with Gasteiger partial charge in [0.2, 0.25) is 0 Å². The minimum Gasteiger partial charge on any atom is -0.490 e. The molecule has 188 valence electrons. The summed E-state index contributed by atoms with van der Waals surface area (Å²) in [6.07, 6.45) is 0. The average molecular weight is 506 g/mol. The second kappa shape index (κ2) is 12.3. The highest BCUT2D eigenvalue weighted by molar-refractivity contribution is 7.80. The minimum atomic E-state index is -0.399. The van der Waals surface area contributed by atoms with E-state index in [9.17, 15) is 9.59 Å². The number of carbonyl (C=O) groups is 2. The number of hydrogen-bond donors (Lipinski definition) is 3. The molecule has 3 aromatic rings. The lowest BCUT2D eigenvalue weighted by Crippen LogP contribution is -2.34. The van der Waals surface area contributed by atoms with Gasteiger partial charge in [0, 0.05) is 24.0 Å². The fourth-order valence-electron chi connectivity index (χ4n) is 3.35. The molecule has 0 unspecified atom stereocenters. The molecule has 36 heavy (non-hydrogen) atoms. The van der Waals surface area contributed by atoms with Gasteiger partial charge in [-0.25, -0.2) is 0 Å². The molecule has 2 amide bonds. The molecule has 0 spiro atoms. The molecule has 7 nitrogen and oxygen atoms in total. The van der Waals surface area contributed by atoms with E-state index in [-0.39, 0.29) is 16.4 Å². The van der Waals surface area contributed by atoms with Crippen molar-refractivity contribution in [2.24, 2.45) is 0 Å². The second-order valence-electron chi connectivity index (χ2n) is 9.11. The lowest BCUT2D eigenvalue weighted by Gasteiger charge is -2.19. The highest BCUT2D eigenvalue weighted by Crippen LogP contribution is 2.23. The van der Waals surface area contributed by atoms with E-state index >= 15 is 0 Å². The molecule has 3 N–H and O–H groups in total. The van der Waals surface area contributed by atoms with Crippen LogP contribution in [0.15, 0.2) is 72.8 Å². The van der Waals surface area contributed by atoms with Crippen LogP contribution < -0.4 is 20.7 Å². The Morgan fingerprint density at radius 2 is 1.50 bits per heavy atom. The Morgan fingerprint density at radius 3 is 2.17 bits per heavy atom. The number of ether oxygens (including phenoxy) is 2. The van der Waals surface area contributed by atoms with Crippen molar-refractivity contribution in [3.8, 4) is 5.75 Å². The van der Waals surface area contributed by atoms with E-state index in [4.69, 9.17) is 21.7 Å². The zero-order valence-corrected chi connectivity index (χ0v) is 21.7. The summed E-state index contributed by atoms with van der Waals surface area (Å²) < 4.78 is 10.6. The first kappa shape index (κ1) is 26.8. The van der Waals surface area contributed by atoms with Crippen molar-refractivity contribution in [2.75, 3.05) is 31.0 Å². The molecule has 0 aliphatic rings. The van der Waals surface area contributed by atoms with Gasteiger partial charge in [-0.2, -0.15) is 0 Å². The highest BCUT2D eigenvalue weighted by Gasteiger charge is 2.15. The Balaban J connectivity index is 1.60. The van der Waals surface area contributed by atoms with E-state index in [1.807, 2.05) is 24.3 Å². The van der Waals surface area contributed by atoms with Gasteiger partial charge in [0.1, 0.15) is 12.4 Å². The summed E-state index contributed by atoms with van der Waals surface area (Å²) in [6, 6.07) is 21.6. The monoisotopic (exact) mass is 505 g/mol. The number of rotatable bonds is 8. The zero-order valence-electron chi connectivity index (χ0n) is 20.9. The van der Waals surface area contributed by atoms with E-state index in [1.165, 1.54) is 0 Å². The van der Waals surface area contributed by atoms with E-state index in [0.29, 0.717) is 41.5 Å². The Morgan fingerprint density at radius 1 is 0.833 bits per heavy atom. The molecule has 0 aromatic heterocycles. The number of hydrogen-bond acceptors (Lipinski definition) is 5. The number of methoxy groups -OCH3 is 1. The van der Waals surface area contributed by atoms with Crippen molar-refractivity contribution >= 4 is 40.5 Å². The summed E-state index contributed by atoms with van der Waals surface area (Å²) in [4.78, 5) is 25.5. The molecule has 0 bridgehead atoms. The summed E-state index contributed by atoms with van der Waals surface area (Å²) in [7, 11) is 1.58. The van der Waals surface area contributed by atoms with Crippen LogP contribution >= 0.6 is 12.2 Å². The lowest BCUT2D eigenvalue weighted by molar-refractivity contribution is 0.0968. The molecule has 3 rings (SSSR count). The van der Waals surface area contributed by atoms with Gasteiger partial charge in [-0.15, -0.1) is 0 Å². The molecule has 0 aliphatic heterocycles. The van der Waals surface area contributed by atoms with Crippen LogP contribution in [0.2, 0.25) is 0 Å². The van der Waals surface area contributed by atoms with Crippen LogP contribution in [0.5, 0.6) is 5.75 Å². The first-order valence-electron chi connectivity index (χ1n) is 11.5. The molecule has 0 fully saturated rings. The first-order chi connectivity index (χ1) is 17.2. The van der Waals surface area contributed by atoms with Crippen molar-refractivity contribution in [2.45, 2.75) is 26.2 Å². The van der Waals surface area contributed by atoms with Crippen molar-refractivity contribution < 1.29 is 19.1 Å². The van der Waals surface area contributed by atoms with Crippen molar-refractivity contribution in [1.29, 1.82) is 0 Å². The Kier molecular flexibility index (Phi) is 9.16. The maximum Gasteiger partial charge on any atom is 0.261 e. The van der Waals surface area contributed by atoms with Gasteiger partial charge in [0.05, 0.1) is 12.2 Å². The summed E-state index contributed by atoms with van der Waals surface area (Å²) in [6.45, 7) is 7.11. The topological polar surface area (TPSA) is 88.7 Å². The summed E-state index contributed by atoms with van der Waals surface area (Å²) in [5.74, 6) is -0.174. The van der Waals surface area contributed by atoms with Crippen molar-refractivity contribution in [3.63, 3.8) is 0 Å². The maximum absolute atomic E-state index is 12.7. The Bertz CT molecular complexity index is 1220. The molecule has 0 heterocycles.